The van der Waals surface area contributed by atoms with Crippen LogP contribution < -0.4 is 16.0 Å². The Morgan fingerprint density at radius 3 is 2.73 bits per heavy atom. The molecule has 1 saturated heterocycles. The van der Waals surface area contributed by atoms with Gasteiger partial charge in [0.25, 0.3) is 5.91 Å². The van der Waals surface area contributed by atoms with Crippen molar-refractivity contribution in [2.24, 2.45) is 0 Å². The fourth-order valence-electron chi connectivity index (χ4n) is 4.09. The van der Waals surface area contributed by atoms with Crippen molar-refractivity contribution >= 4 is 40.8 Å². The summed E-state index contributed by atoms with van der Waals surface area (Å²) in [5.74, 6) is -0.921. The lowest BCUT2D eigenvalue weighted by Gasteiger charge is -2.29. The number of benzene rings is 1. The highest BCUT2D eigenvalue weighted by Crippen LogP contribution is 2.33. The Morgan fingerprint density at radius 2 is 2.03 bits per heavy atom. The van der Waals surface area contributed by atoms with Gasteiger partial charge < -0.3 is 20.4 Å². The topological polar surface area (TPSA) is 111 Å². The average molecular weight is 470 g/mol. The van der Waals surface area contributed by atoms with Gasteiger partial charge in [0.15, 0.2) is 0 Å². The highest BCUT2D eigenvalue weighted by molar-refractivity contribution is 7.14. The lowest BCUT2D eigenvalue weighted by Crippen LogP contribution is -2.52. The van der Waals surface area contributed by atoms with Gasteiger partial charge in [-0.15, -0.1) is 11.3 Å². The second-order valence-electron chi connectivity index (χ2n) is 8.65. The summed E-state index contributed by atoms with van der Waals surface area (Å²) >= 11 is 1.32. The van der Waals surface area contributed by atoms with Gasteiger partial charge >= 0.3 is 6.03 Å². The molecule has 1 aromatic carbocycles. The molecule has 0 saturated carbocycles. The standard InChI is InChI=1S/C23H27N5O4S/c1-13-4-5-16(8-14(13)11-27(2)3)25-23(32)24-10-17-9-15-12-28(22(31)20(15)33-17)18-6-7-19(29)26-21(18)30/h4-5,8-9,18H,6-7,10-12H2,1-3H3,(H2,24,25,32)(H,26,29,30). The number of nitrogens with one attached hydrogen (secondary N) is 3. The Hall–Kier alpha value is -3.24. The van der Waals surface area contributed by atoms with Gasteiger partial charge in [-0.3, -0.25) is 19.7 Å². The van der Waals surface area contributed by atoms with E-state index in [0.717, 1.165) is 28.2 Å². The number of anilines is 1. The van der Waals surface area contributed by atoms with Crippen molar-refractivity contribution in [2.45, 2.75) is 45.4 Å². The van der Waals surface area contributed by atoms with Crippen LogP contribution in [0.4, 0.5) is 10.5 Å². The number of carbonyl (C=O) groups is 4. The summed E-state index contributed by atoms with van der Waals surface area (Å²) < 4.78 is 0. The Labute approximate surface area is 196 Å². The summed E-state index contributed by atoms with van der Waals surface area (Å²) in [4.78, 5) is 53.7. The van der Waals surface area contributed by atoms with Crippen LogP contribution in [0, 0.1) is 6.92 Å². The molecule has 1 aromatic heterocycles. The number of hydrogen-bond acceptors (Lipinski definition) is 6. The predicted octanol–water partition coefficient (Wildman–Crippen LogP) is 2.20. The zero-order valence-electron chi connectivity index (χ0n) is 18.9. The first-order valence-corrected chi connectivity index (χ1v) is 11.6. The fourth-order valence-corrected chi connectivity index (χ4v) is 5.16. The van der Waals surface area contributed by atoms with E-state index < -0.39 is 11.9 Å². The first-order chi connectivity index (χ1) is 15.7. The molecular weight excluding hydrogens is 442 g/mol. The Morgan fingerprint density at radius 1 is 1.24 bits per heavy atom. The van der Waals surface area contributed by atoms with Crippen molar-refractivity contribution in [2.75, 3.05) is 19.4 Å². The molecule has 5 amide bonds. The summed E-state index contributed by atoms with van der Waals surface area (Å²) in [6.45, 7) is 3.46. The minimum Gasteiger partial charge on any atom is -0.333 e. The van der Waals surface area contributed by atoms with E-state index in [1.54, 1.807) is 0 Å². The number of urea groups is 1. The zero-order chi connectivity index (χ0) is 23.7. The van der Waals surface area contributed by atoms with E-state index in [1.165, 1.54) is 21.8 Å². The van der Waals surface area contributed by atoms with Crippen LogP contribution >= 0.6 is 11.3 Å². The van der Waals surface area contributed by atoms with Gasteiger partial charge in [0.1, 0.15) is 6.04 Å². The molecule has 3 heterocycles. The molecule has 1 unspecified atom stereocenters. The third-order valence-corrected chi connectivity index (χ3v) is 6.92. The third kappa shape index (κ3) is 5.07. The molecule has 0 aliphatic carbocycles. The van der Waals surface area contributed by atoms with Gasteiger partial charge in [-0.1, -0.05) is 6.07 Å². The molecule has 2 aliphatic heterocycles. The number of hydrogen-bond donors (Lipinski definition) is 3. The van der Waals surface area contributed by atoms with E-state index in [0.29, 0.717) is 24.4 Å². The molecule has 2 aliphatic rings. The summed E-state index contributed by atoms with van der Waals surface area (Å²) in [5, 5.41) is 7.99. The summed E-state index contributed by atoms with van der Waals surface area (Å²) in [6, 6.07) is 6.78. The van der Waals surface area contributed by atoms with Gasteiger partial charge in [-0.25, -0.2) is 4.79 Å². The quantitative estimate of drug-likeness (QED) is 0.562. The third-order valence-electron chi connectivity index (χ3n) is 5.76. The monoisotopic (exact) mass is 469 g/mol. The van der Waals surface area contributed by atoms with E-state index >= 15 is 0 Å². The van der Waals surface area contributed by atoms with E-state index in [-0.39, 0.29) is 24.3 Å². The lowest BCUT2D eigenvalue weighted by molar-refractivity contribution is -0.136. The van der Waals surface area contributed by atoms with Crippen LogP contribution in [-0.2, 0) is 29.2 Å². The molecule has 0 radical (unpaired) electrons. The van der Waals surface area contributed by atoms with Gasteiger partial charge in [-0.05, 0) is 62.3 Å². The van der Waals surface area contributed by atoms with Crippen molar-refractivity contribution in [3.63, 3.8) is 0 Å². The minimum atomic E-state index is -0.617. The maximum Gasteiger partial charge on any atom is 0.319 e. The first-order valence-electron chi connectivity index (χ1n) is 10.8. The van der Waals surface area contributed by atoms with Crippen LogP contribution in [0.2, 0.25) is 0 Å². The number of fused-ring (bicyclic) bond motifs is 1. The molecule has 2 aromatic rings. The molecule has 0 spiro atoms. The van der Waals surface area contributed by atoms with Gasteiger partial charge in [0.2, 0.25) is 11.8 Å². The zero-order valence-corrected chi connectivity index (χ0v) is 19.7. The number of piperidine rings is 1. The van der Waals surface area contributed by atoms with E-state index in [2.05, 4.69) is 20.9 Å². The van der Waals surface area contributed by atoms with Crippen LogP contribution in [0.1, 0.15) is 44.1 Å². The Kier molecular flexibility index (Phi) is 6.48. The smallest absolute Gasteiger partial charge is 0.319 e. The average Bonchev–Trinajstić information content (AvgIpc) is 3.28. The van der Waals surface area contributed by atoms with E-state index in [4.69, 9.17) is 0 Å². The van der Waals surface area contributed by atoms with Crippen molar-refractivity contribution in [3.8, 4) is 0 Å². The maximum atomic E-state index is 12.8. The second kappa shape index (κ2) is 9.32. The number of amides is 5. The number of carbonyl (C=O) groups excluding carboxylic acids is 4. The lowest BCUT2D eigenvalue weighted by atomic mass is 10.0. The Balaban J connectivity index is 1.33. The van der Waals surface area contributed by atoms with Gasteiger partial charge in [-0.2, -0.15) is 0 Å². The highest BCUT2D eigenvalue weighted by atomic mass is 32.1. The van der Waals surface area contributed by atoms with Crippen LogP contribution in [0.25, 0.3) is 0 Å². The molecule has 9 nitrogen and oxygen atoms in total. The minimum absolute atomic E-state index is 0.201. The largest absolute Gasteiger partial charge is 0.333 e. The van der Waals surface area contributed by atoms with Crippen LogP contribution in [0.15, 0.2) is 24.3 Å². The predicted molar refractivity (Wildman–Crippen MR) is 125 cm³/mol. The first kappa shape index (κ1) is 22.9. The van der Waals surface area contributed by atoms with Gasteiger partial charge in [0.05, 0.1) is 11.4 Å². The Bertz CT molecular complexity index is 1130. The van der Waals surface area contributed by atoms with Gasteiger partial charge in [0, 0.05) is 30.1 Å². The molecule has 174 valence electrons. The van der Waals surface area contributed by atoms with Crippen molar-refractivity contribution < 1.29 is 19.2 Å². The molecule has 3 N–H and O–H groups in total. The number of rotatable bonds is 6. The van der Waals surface area contributed by atoms with E-state index in [9.17, 15) is 19.2 Å². The molecule has 33 heavy (non-hydrogen) atoms. The van der Waals surface area contributed by atoms with Crippen molar-refractivity contribution in [3.05, 3.63) is 50.7 Å². The molecule has 1 atom stereocenters. The molecule has 1 fully saturated rings. The van der Waals surface area contributed by atoms with E-state index in [1.807, 2.05) is 45.3 Å². The van der Waals surface area contributed by atoms with Crippen molar-refractivity contribution in [1.82, 2.24) is 20.4 Å². The van der Waals surface area contributed by atoms with Crippen LogP contribution in [0.3, 0.4) is 0 Å². The fraction of sp³-hybridized carbons (Fsp3) is 0.391. The molecule has 0 bridgehead atoms. The normalized spacial score (nSPS) is 17.9. The second-order valence-corrected chi connectivity index (χ2v) is 9.79. The summed E-state index contributed by atoms with van der Waals surface area (Å²) in [6.07, 6.45) is 0.574. The summed E-state index contributed by atoms with van der Waals surface area (Å²) in [5.41, 5.74) is 3.88. The number of imide groups is 1. The SMILES string of the molecule is Cc1ccc(NC(=O)NCc2cc3c(s2)C(=O)N(C2CCC(=O)NC2=O)C3)cc1CN(C)C. The summed E-state index contributed by atoms with van der Waals surface area (Å²) in [7, 11) is 4.00. The number of thiophene rings is 1. The molecule has 4 rings (SSSR count). The maximum absolute atomic E-state index is 12.8. The molecular formula is C23H27N5O4S. The molecule has 10 heteroatoms. The highest BCUT2D eigenvalue weighted by Gasteiger charge is 2.40. The number of nitrogens with zero attached hydrogens (tertiary/aromatic N) is 2. The van der Waals surface area contributed by atoms with Crippen LogP contribution in [-0.4, -0.2) is 53.7 Å². The van der Waals surface area contributed by atoms with Crippen LogP contribution in [0.5, 0.6) is 0 Å². The van der Waals surface area contributed by atoms with Crippen molar-refractivity contribution in [1.29, 1.82) is 0 Å². The number of aryl methyl sites for hydroxylation is 1.